The molecule has 4 aromatic rings. The summed E-state index contributed by atoms with van der Waals surface area (Å²) >= 11 is 1.74. The van der Waals surface area contributed by atoms with E-state index in [1.807, 2.05) is 36.5 Å². The van der Waals surface area contributed by atoms with E-state index in [-0.39, 0.29) is 18.5 Å². The van der Waals surface area contributed by atoms with Gasteiger partial charge in [-0.1, -0.05) is 18.2 Å². The Morgan fingerprint density at radius 2 is 1.95 bits per heavy atom. The molecule has 10 nitrogen and oxygen atoms in total. The largest absolute Gasteiger partial charge is 0.449 e. The molecule has 37 heavy (non-hydrogen) atoms. The summed E-state index contributed by atoms with van der Waals surface area (Å²) in [5.41, 5.74) is 0. The van der Waals surface area contributed by atoms with Crippen LogP contribution < -0.4 is 19.7 Å². The zero-order chi connectivity index (χ0) is 25.0. The Balaban J connectivity index is 1.15. The standard InChI is InChI=1S/C26H27N7O3S/c34-25(29-16-24-35-21-5-1-2-6-22(21)36-24)20-17-32(14-13-31(20)11-8-19-4-3-15-37-19)23-7-9-28-26(30-23)33-12-10-27-18-33/h1-7,9-10,12,15,18,20,24H,8,11,13-14,16-17H2,(H,29,34). The lowest BCUT2D eigenvalue weighted by Crippen LogP contribution is -2.60. The van der Waals surface area contributed by atoms with E-state index in [2.05, 4.69) is 42.6 Å². The number of amides is 1. The quantitative estimate of drug-likeness (QED) is 0.381. The smallest absolute Gasteiger partial charge is 0.258 e. The van der Waals surface area contributed by atoms with Gasteiger partial charge in [0.15, 0.2) is 11.5 Å². The molecule has 3 aromatic heterocycles. The molecule has 1 unspecified atom stereocenters. The van der Waals surface area contributed by atoms with E-state index in [1.54, 1.807) is 34.6 Å². The molecule has 1 aromatic carbocycles. The normalized spacial score (nSPS) is 17.7. The first-order valence-electron chi connectivity index (χ1n) is 12.3. The molecule has 11 heteroatoms. The van der Waals surface area contributed by atoms with Crippen molar-refractivity contribution in [3.63, 3.8) is 0 Å². The first-order chi connectivity index (χ1) is 18.2. The van der Waals surface area contributed by atoms with Gasteiger partial charge < -0.3 is 19.7 Å². The van der Waals surface area contributed by atoms with Gasteiger partial charge >= 0.3 is 0 Å². The highest BCUT2D eigenvalue weighted by atomic mass is 32.1. The minimum atomic E-state index is -0.541. The maximum atomic E-state index is 13.5. The highest BCUT2D eigenvalue weighted by Gasteiger charge is 2.34. The number of nitrogens with one attached hydrogen (secondary N) is 1. The lowest BCUT2D eigenvalue weighted by molar-refractivity contribution is -0.127. The fourth-order valence-electron chi connectivity index (χ4n) is 4.61. The average molecular weight is 518 g/mol. The molecule has 0 spiro atoms. The topological polar surface area (TPSA) is 97.6 Å². The second-order valence-electron chi connectivity index (χ2n) is 8.87. The SMILES string of the molecule is O=C(NCC1Oc2ccccc2O1)C1CN(c2ccnc(-n3ccnc3)n2)CCN1CCc1cccs1. The molecule has 190 valence electrons. The van der Waals surface area contributed by atoms with Crippen molar-refractivity contribution < 1.29 is 14.3 Å². The van der Waals surface area contributed by atoms with Crippen LogP contribution in [0.1, 0.15) is 4.88 Å². The highest BCUT2D eigenvalue weighted by molar-refractivity contribution is 7.09. The third-order valence-electron chi connectivity index (χ3n) is 6.52. The van der Waals surface area contributed by atoms with Gasteiger partial charge in [0.1, 0.15) is 18.2 Å². The number of anilines is 1. The number of carbonyl (C=O) groups is 1. The number of rotatable bonds is 8. The van der Waals surface area contributed by atoms with Crippen LogP contribution >= 0.6 is 11.3 Å². The first kappa shape index (κ1) is 23.4. The number of benzene rings is 1. The number of ether oxygens (including phenoxy) is 2. The lowest BCUT2D eigenvalue weighted by atomic mass is 10.1. The Hall–Kier alpha value is -3.96. The molecule has 2 aliphatic heterocycles. The van der Waals surface area contributed by atoms with Crippen LogP contribution in [0.15, 0.2) is 72.8 Å². The zero-order valence-electron chi connectivity index (χ0n) is 20.1. The molecule has 1 atom stereocenters. The molecule has 1 saturated heterocycles. The number of aromatic nitrogens is 4. The van der Waals surface area contributed by atoms with Gasteiger partial charge in [-0.2, -0.15) is 4.98 Å². The molecular formula is C26H27N7O3S. The molecule has 1 fully saturated rings. The van der Waals surface area contributed by atoms with Crippen molar-refractivity contribution in [3.8, 4) is 17.4 Å². The summed E-state index contributed by atoms with van der Waals surface area (Å²) in [5, 5.41) is 5.15. The van der Waals surface area contributed by atoms with E-state index in [1.165, 1.54) is 4.88 Å². The van der Waals surface area contributed by atoms with Gasteiger partial charge in [-0.15, -0.1) is 11.3 Å². The van der Waals surface area contributed by atoms with Crippen LogP contribution in [0.5, 0.6) is 11.5 Å². The zero-order valence-corrected chi connectivity index (χ0v) is 21.0. The van der Waals surface area contributed by atoms with Gasteiger partial charge in [-0.05, 0) is 36.1 Å². The van der Waals surface area contributed by atoms with Crippen LogP contribution in [0.3, 0.4) is 0 Å². The van der Waals surface area contributed by atoms with Crippen molar-refractivity contribution in [1.82, 2.24) is 29.7 Å². The maximum absolute atomic E-state index is 13.5. The molecule has 1 N–H and O–H groups in total. The summed E-state index contributed by atoms with van der Waals surface area (Å²) in [5.74, 6) is 2.67. The predicted octanol–water partition coefficient (Wildman–Crippen LogP) is 2.37. The average Bonchev–Trinajstić information content (AvgIpc) is 3.72. The van der Waals surface area contributed by atoms with Gasteiger partial charge in [0.2, 0.25) is 11.9 Å². The number of para-hydroxylation sites is 2. The molecule has 0 bridgehead atoms. The summed E-state index contributed by atoms with van der Waals surface area (Å²) < 4.78 is 13.4. The summed E-state index contributed by atoms with van der Waals surface area (Å²) in [6, 6.07) is 13.3. The maximum Gasteiger partial charge on any atom is 0.258 e. The van der Waals surface area contributed by atoms with Crippen molar-refractivity contribution >= 4 is 23.1 Å². The van der Waals surface area contributed by atoms with Crippen LogP contribution in [0.25, 0.3) is 5.95 Å². The van der Waals surface area contributed by atoms with Crippen LogP contribution in [-0.4, -0.2) is 75.4 Å². The first-order valence-corrected chi connectivity index (χ1v) is 13.1. The van der Waals surface area contributed by atoms with E-state index in [0.717, 1.165) is 31.9 Å². The van der Waals surface area contributed by atoms with E-state index < -0.39 is 6.29 Å². The molecule has 0 radical (unpaired) electrons. The summed E-state index contributed by atoms with van der Waals surface area (Å²) in [7, 11) is 0. The molecule has 5 heterocycles. The van der Waals surface area contributed by atoms with Gasteiger partial charge in [0.05, 0.1) is 6.54 Å². The molecule has 0 saturated carbocycles. The Bertz CT molecular complexity index is 1310. The molecule has 2 aliphatic rings. The lowest BCUT2D eigenvalue weighted by Gasteiger charge is -2.41. The minimum absolute atomic E-state index is 0.0528. The fraction of sp³-hybridized carbons (Fsp3) is 0.308. The van der Waals surface area contributed by atoms with Gasteiger partial charge in [0.25, 0.3) is 6.29 Å². The van der Waals surface area contributed by atoms with Crippen LogP contribution in [-0.2, 0) is 11.2 Å². The Morgan fingerprint density at radius 1 is 1.08 bits per heavy atom. The van der Waals surface area contributed by atoms with Crippen LogP contribution in [0, 0.1) is 0 Å². The number of fused-ring (bicyclic) bond motifs is 1. The van der Waals surface area contributed by atoms with Crippen molar-refractivity contribution in [3.05, 3.63) is 77.6 Å². The number of hydrogen-bond acceptors (Lipinski definition) is 9. The van der Waals surface area contributed by atoms with E-state index in [0.29, 0.717) is 24.0 Å². The number of piperazine rings is 1. The summed E-state index contributed by atoms with van der Waals surface area (Å²) in [6.45, 7) is 3.09. The second kappa shape index (κ2) is 10.6. The van der Waals surface area contributed by atoms with Gasteiger partial charge in [-0.25, -0.2) is 9.97 Å². The monoisotopic (exact) mass is 517 g/mol. The second-order valence-corrected chi connectivity index (χ2v) is 9.90. The Kier molecular flexibility index (Phi) is 6.70. The van der Waals surface area contributed by atoms with Crippen LogP contribution in [0.2, 0.25) is 0 Å². The van der Waals surface area contributed by atoms with E-state index >= 15 is 0 Å². The van der Waals surface area contributed by atoms with Crippen molar-refractivity contribution in [1.29, 1.82) is 0 Å². The minimum Gasteiger partial charge on any atom is -0.449 e. The Labute approximate surface area is 218 Å². The van der Waals surface area contributed by atoms with Gasteiger partial charge in [-0.3, -0.25) is 14.3 Å². The highest BCUT2D eigenvalue weighted by Crippen LogP contribution is 2.33. The Morgan fingerprint density at radius 3 is 2.70 bits per heavy atom. The third-order valence-corrected chi connectivity index (χ3v) is 7.45. The molecule has 0 aliphatic carbocycles. The van der Waals surface area contributed by atoms with E-state index in [4.69, 9.17) is 14.5 Å². The molecule has 1 amide bonds. The van der Waals surface area contributed by atoms with Crippen LogP contribution in [0.4, 0.5) is 5.82 Å². The van der Waals surface area contributed by atoms with Crippen molar-refractivity contribution in [2.45, 2.75) is 18.8 Å². The summed E-state index contributed by atoms with van der Waals surface area (Å²) in [4.78, 5) is 32.4. The van der Waals surface area contributed by atoms with Crippen molar-refractivity contribution in [2.75, 3.05) is 37.6 Å². The van der Waals surface area contributed by atoms with Crippen molar-refractivity contribution in [2.24, 2.45) is 0 Å². The number of carbonyl (C=O) groups excluding carboxylic acids is 1. The third kappa shape index (κ3) is 5.27. The van der Waals surface area contributed by atoms with E-state index in [9.17, 15) is 4.79 Å². The van der Waals surface area contributed by atoms with Gasteiger partial charge in [0, 0.05) is 49.6 Å². The number of nitrogens with zero attached hydrogens (tertiary/aromatic N) is 6. The fourth-order valence-corrected chi connectivity index (χ4v) is 5.31. The number of thiophene rings is 1. The molecular weight excluding hydrogens is 490 g/mol. The predicted molar refractivity (Wildman–Crippen MR) is 139 cm³/mol. The summed E-state index contributed by atoms with van der Waals surface area (Å²) in [6.07, 6.45) is 7.28. The number of imidazole rings is 1. The molecule has 6 rings (SSSR count). The number of hydrogen-bond donors (Lipinski definition) is 1.